The van der Waals surface area contributed by atoms with Gasteiger partial charge < -0.3 is 10.6 Å². The van der Waals surface area contributed by atoms with Crippen molar-refractivity contribution >= 4 is 16.7 Å². The summed E-state index contributed by atoms with van der Waals surface area (Å²) in [4.78, 5) is 27.1. The predicted octanol–water partition coefficient (Wildman–Crippen LogP) is 1.85. The number of hydrogen-bond acceptors (Lipinski definition) is 4. The van der Waals surface area contributed by atoms with Crippen LogP contribution in [-0.4, -0.2) is 33.7 Å². The first kappa shape index (κ1) is 18.8. The summed E-state index contributed by atoms with van der Waals surface area (Å²) in [6, 6.07) is 17.2. The summed E-state index contributed by atoms with van der Waals surface area (Å²) in [6.07, 6.45) is 0.881. The zero-order valence-electron chi connectivity index (χ0n) is 15.5. The molecule has 0 saturated carbocycles. The minimum atomic E-state index is -0.161. The van der Waals surface area contributed by atoms with Crippen molar-refractivity contribution in [1.29, 1.82) is 0 Å². The number of benzene rings is 2. The number of nitrogens with zero attached hydrogens (tertiary/aromatic N) is 3. The molecule has 2 N–H and O–H groups in total. The Morgan fingerprint density at radius 2 is 1.74 bits per heavy atom. The lowest BCUT2D eigenvalue weighted by molar-refractivity contribution is -0.131. The lowest BCUT2D eigenvalue weighted by atomic mass is 10.1. The van der Waals surface area contributed by atoms with Crippen molar-refractivity contribution in [1.82, 2.24) is 14.7 Å². The standard InChI is InChI=1S/C21H24N4O2/c1-24-21(27)18-11-6-5-10-17(18)19(23-24)14-20(26)25(13-7-12-22)15-16-8-3-2-4-9-16/h2-6,8-11H,7,12-15,22H2,1H3. The number of carbonyl (C=O) groups is 1. The number of aromatic nitrogens is 2. The molecule has 0 radical (unpaired) electrons. The highest BCUT2D eigenvalue weighted by Gasteiger charge is 2.18. The third-order valence-electron chi connectivity index (χ3n) is 4.55. The fourth-order valence-electron chi connectivity index (χ4n) is 3.14. The third kappa shape index (κ3) is 4.41. The maximum absolute atomic E-state index is 13.0. The quantitative estimate of drug-likeness (QED) is 0.694. The zero-order chi connectivity index (χ0) is 19.2. The van der Waals surface area contributed by atoms with Crippen molar-refractivity contribution in [2.75, 3.05) is 13.1 Å². The molecule has 0 bridgehead atoms. The van der Waals surface area contributed by atoms with E-state index in [-0.39, 0.29) is 17.9 Å². The summed E-state index contributed by atoms with van der Waals surface area (Å²) in [5, 5.41) is 5.65. The lowest BCUT2D eigenvalue weighted by Gasteiger charge is -2.23. The summed E-state index contributed by atoms with van der Waals surface area (Å²) in [7, 11) is 1.61. The second-order valence-electron chi connectivity index (χ2n) is 6.54. The van der Waals surface area contributed by atoms with Crippen LogP contribution < -0.4 is 11.3 Å². The molecular formula is C21H24N4O2. The maximum Gasteiger partial charge on any atom is 0.274 e. The van der Waals surface area contributed by atoms with Gasteiger partial charge in [-0.2, -0.15) is 5.10 Å². The number of aryl methyl sites for hydroxylation is 1. The summed E-state index contributed by atoms with van der Waals surface area (Å²) in [5.74, 6) is -0.0244. The summed E-state index contributed by atoms with van der Waals surface area (Å²) in [5.41, 5.74) is 7.17. The molecule has 1 heterocycles. The van der Waals surface area contributed by atoms with Crippen LogP contribution >= 0.6 is 0 Å². The minimum Gasteiger partial charge on any atom is -0.338 e. The largest absolute Gasteiger partial charge is 0.338 e. The van der Waals surface area contributed by atoms with Crippen LogP contribution in [-0.2, 0) is 24.8 Å². The number of amides is 1. The molecule has 0 aliphatic rings. The Kier molecular flexibility index (Phi) is 5.98. The van der Waals surface area contributed by atoms with E-state index in [0.717, 1.165) is 17.4 Å². The Balaban J connectivity index is 1.88. The van der Waals surface area contributed by atoms with Gasteiger partial charge in [0.2, 0.25) is 5.91 Å². The number of nitrogens with two attached hydrogens (primary N) is 1. The van der Waals surface area contributed by atoms with Crippen LogP contribution in [0.1, 0.15) is 17.7 Å². The van der Waals surface area contributed by atoms with Gasteiger partial charge in [0.15, 0.2) is 0 Å². The van der Waals surface area contributed by atoms with Crippen LogP contribution in [0.4, 0.5) is 0 Å². The fraction of sp³-hybridized carbons (Fsp3) is 0.286. The van der Waals surface area contributed by atoms with Gasteiger partial charge in [-0.15, -0.1) is 0 Å². The first-order chi connectivity index (χ1) is 13.1. The molecule has 1 amide bonds. The van der Waals surface area contributed by atoms with E-state index in [1.165, 1.54) is 4.68 Å². The molecule has 0 spiro atoms. The van der Waals surface area contributed by atoms with Gasteiger partial charge in [-0.3, -0.25) is 9.59 Å². The van der Waals surface area contributed by atoms with E-state index in [1.54, 1.807) is 13.1 Å². The van der Waals surface area contributed by atoms with Gasteiger partial charge in [0.05, 0.1) is 17.5 Å². The number of fused-ring (bicyclic) bond motifs is 1. The van der Waals surface area contributed by atoms with Crippen molar-refractivity contribution in [3.63, 3.8) is 0 Å². The highest BCUT2D eigenvalue weighted by atomic mass is 16.2. The van der Waals surface area contributed by atoms with Gasteiger partial charge in [-0.25, -0.2) is 4.68 Å². The second-order valence-corrected chi connectivity index (χ2v) is 6.54. The predicted molar refractivity (Wildman–Crippen MR) is 106 cm³/mol. The van der Waals surface area contributed by atoms with E-state index in [1.807, 2.05) is 53.4 Å². The van der Waals surface area contributed by atoms with E-state index in [4.69, 9.17) is 5.73 Å². The molecule has 2 aromatic carbocycles. The maximum atomic E-state index is 13.0. The van der Waals surface area contributed by atoms with Crippen molar-refractivity contribution in [3.05, 3.63) is 76.2 Å². The first-order valence-electron chi connectivity index (χ1n) is 9.07. The average molecular weight is 364 g/mol. The molecule has 1 aromatic heterocycles. The van der Waals surface area contributed by atoms with Crippen LogP contribution in [0.15, 0.2) is 59.4 Å². The molecule has 0 atom stereocenters. The smallest absolute Gasteiger partial charge is 0.274 e. The van der Waals surface area contributed by atoms with Crippen LogP contribution in [0, 0.1) is 0 Å². The SMILES string of the molecule is Cn1nc(CC(=O)N(CCCN)Cc2ccccc2)c2ccccc2c1=O. The van der Waals surface area contributed by atoms with E-state index in [9.17, 15) is 9.59 Å². The zero-order valence-corrected chi connectivity index (χ0v) is 15.5. The Morgan fingerprint density at radius 1 is 1.07 bits per heavy atom. The second kappa shape index (κ2) is 8.60. The van der Waals surface area contributed by atoms with Gasteiger partial charge in [-0.05, 0) is 24.6 Å². The van der Waals surface area contributed by atoms with Gasteiger partial charge in [0, 0.05) is 25.5 Å². The Morgan fingerprint density at radius 3 is 2.44 bits per heavy atom. The van der Waals surface area contributed by atoms with E-state index in [2.05, 4.69) is 5.10 Å². The Bertz CT molecular complexity index is 982. The Labute approximate surface area is 158 Å². The molecule has 0 aliphatic heterocycles. The van der Waals surface area contributed by atoms with Crippen LogP contribution in [0.5, 0.6) is 0 Å². The molecule has 3 aromatic rings. The van der Waals surface area contributed by atoms with Gasteiger partial charge >= 0.3 is 0 Å². The molecule has 140 valence electrons. The molecule has 6 nitrogen and oxygen atoms in total. The van der Waals surface area contributed by atoms with Crippen LogP contribution in [0.3, 0.4) is 0 Å². The molecule has 0 fully saturated rings. The van der Waals surface area contributed by atoms with Crippen molar-refractivity contribution in [2.45, 2.75) is 19.4 Å². The molecular weight excluding hydrogens is 340 g/mol. The van der Waals surface area contributed by atoms with Gasteiger partial charge in [-0.1, -0.05) is 48.5 Å². The topological polar surface area (TPSA) is 81.2 Å². The molecule has 27 heavy (non-hydrogen) atoms. The summed E-state index contributed by atoms with van der Waals surface area (Å²) in [6.45, 7) is 1.65. The highest BCUT2D eigenvalue weighted by molar-refractivity contribution is 5.88. The number of carbonyl (C=O) groups excluding carboxylic acids is 1. The third-order valence-corrected chi connectivity index (χ3v) is 4.55. The first-order valence-corrected chi connectivity index (χ1v) is 9.07. The fourth-order valence-corrected chi connectivity index (χ4v) is 3.14. The van der Waals surface area contributed by atoms with E-state index < -0.39 is 0 Å². The monoisotopic (exact) mass is 364 g/mol. The molecule has 0 unspecified atom stereocenters. The summed E-state index contributed by atoms with van der Waals surface area (Å²) >= 11 is 0. The summed E-state index contributed by atoms with van der Waals surface area (Å²) < 4.78 is 1.30. The lowest BCUT2D eigenvalue weighted by Crippen LogP contribution is -2.34. The van der Waals surface area contributed by atoms with Crippen molar-refractivity contribution < 1.29 is 4.79 Å². The number of rotatable bonds is 7. The highest BCUT2D eigenvalue weighted by Crippen LogP contribution is 2.15. The molecule has 0 aliphatic carbocycles. The normalized spacial score (nSPS) is 10.9. The van der Waals surface area contributed by atoms with Gasteiger partial charge in [0.25, 0.3) is 5.56 Å². The van der Waals surface area contributed by atoms with Gasteiger partial charge in [0.1, 0.15) is 0 Å². The number of hydrogen-bond donors (Lipinski definition) is 1. The van der Waals surface area contributed by atoms with Crippen LogP contribution in [0.25, 0.3) is 10.8 Å². The van der Waals surface area contributed by atoms with E-state index in [0.29, 0.717) is 30.7 Å². The van der Waals surface area contributed by atoms with Crippen molar-refractivity contribution in [3.8, 4) is 0 Å². The van der Waals surface area contributed by atoms with Crippen LogP contribution in [0.2, 0.25) is 0 Å². The molecule has 3 rings (SSSR count). The molecule has 6 heteroatoms. The Hall–Kier alpha value is -2.99. The van der Waals surface area contributed by atoms with E-state index >= 15 is 0 Å². The molecule has 0 saturated heterocycles. The average Bonchev–Trinajstić information content (AvgIpc) is 2.69. The van der Waals surface area contributed by atoms with Crippen molar-refractivity contribution in [2.24, 2.45) is 12.8 Å². The minimum absolute atomic E-state index is 0.0244.